The second-order valence-corrected chi connectivity index (χ2v) is 8.33. The lowest BCUT2D eigenvalue weighted by atomic mass is 9.99. The van der Waals surface area contributed by atoms with Crippen molar-refractivity contribution in [2.75, 3.05) is 6.54 Å². The first-order valence-corrected chi connectivity index (χ1v) is 10.4. The third-order valence-electron chi connectivity index (χ3n) is 5.83. The summed E-state index contributed by atoms with van der Waals surface area (Å²) in [7, 11) is 0. The summed E-state index contributed by atoms with van der Waals surface area (Å²) in [5, 5.41) is 10.8. The Labute approximate surface area is 181 Å². The van der Waals surface area contributed by atoms with Crippen LogP contribution in [0.2, 0.25) is 5.02 Å². The van der Waals surface area contributed by atoms with E-state index in [4.69, 9.17) is 16.0 Å². The van der Waals surface area contributed by atoms with Gasteiger partial charge in [0, 0.05) is 17.6 Å². The molecule has 1 atom stereocenters. The smallest absolute Gasteiger partial charge is 0.450 e. The van der Waals surface area contributed by atoms with Crippen LogP contribution in [0.15, 0.2) is 45.6 Å². The van der Waals surface area contributed by atoms with Gasteiger partial charge in [0.15, 0.2) is 0 Å². The van der Waals surface area contributed by atoms with E-state index in [2.05, 4.69) is 4.90 Å². The Morgan fingerprint density at radius 2 is 1.87 bits per heavy atom. The third kappa shape index (κ3) is 4.16. The molecule has 2 heterocycles. The van der Waals surface area contributed by atoms with Crippen molar-refractivity contribution in [2.24, 2.45) is 0 Å². The molecule has 31 heavy (non-hydrogen) atoms. The second-order valence-electron chi connectivity index (χ2n) is 7.90. The maximum absolute atomic E-state index is 13.9. The highest BCUT2D eigenvalue weighted by Crippen LogP contribution is 2.39. The van der Waals surface area contributed by atoms with Gasteiger partial charge in [-0.2, -0.15) is 13.2 Å². The second kappa shape index (κ2) is 8.20. The molecule has 1 fully saturated rings. The van der Waals surface area contributed by atoms with Crippen molar-refractivity contribution >= 4 is 22.6 Å². The lowest BCUT2D eigenvalue weighted by molar-refractivity contribution is -0.152. The zero-order valence-corrected chi connectivity index (χ0v) is 17.6. The van der Waals surface area contributed by atoms with Crippen molar-refractivity contribution in [3.05, 3.63) is 63.0 Å². The van der Waals surface area contributed by atoms with Gasteiger partial charge in [0.25, 0.3) is 0 Å². The zero-order valence-electron chi connectivity index (χ0n) is 16.8. The Bertz CT molecular complexity index is 1170. The number of halogens is 4. The molecule has 8 heteroatoms. The molecule has 0 spiro atoms. The lowest BCUT2D eigenvalue weighted by Gasteiger charge is -2.33. The molecule has 2 aromatic carbocycles. The number of alkyl halides is 3. The van der Waals surface area contributed by atoms with Crippen molar-refractivity contribution in [1.82, 2.24) is 4.90 Å². The number of fused-ring (bicyclic) bond motifs is 1. The van der Waals surface area contributed by atoms with Crippen molar-refractivity contribution in [2.45, 2.75) is 44.9 Å². The number of likely N-dealkylation sites (tertiary alicyclic amines) is 1. The van der Waals surface area contributed by atoms with Gasteiger partial charge in [-0.25, -0.2) is 0 Å². The first-order chi connectivity index (χ1) is 14.7. The Morgan fingerprint density at radius 1 is 1.16 bits per heavy atom. The summed E-state index contributed by atoms with van der Waals surface area (Å²) in [4.78, 5) is 15.3. The van der Waals surface area contributed by atoms with E-state index in [9.17, 15) is 23.1 Å². The van der Waals surface area contributed by atoms with Crippen LogP contribution < -0.4 is 5.43 Å². The minimum Gasteiger partial charge on any atom is -0.507 e. The van der Waals surface area contributed by atoms with Crippen LogP contribution in [0.4, 0.5) is 13.2 Å². The third-order valence-corrected chi connectivity index (χ3v) is 6.08. The van der Waals surface area contributed by atoms with E-state index in [0.717, 1.165) is 25.8 Å². The molecule has 1 aliphatic rings. The van der Waals surface area contributed by atoms with Gasteiger partial charge in [0.2, 0.25) is 11.2 Å². The molecule has 4 nitrogen and oxygen atoms in total. The van der Waals surface area contributed by atoms with E-state index in [-0.39, 0.29) is 40.4 Å². The van der Waals surface area contributed by atoms with E-state index in [1.807, 2.05) is 6.92 Å². The fraction of sp³-hybridized carbons (Fsp3) is 0.348. The molecule has 0 unspecified atom stereocenters. The standard InChI is InChI=1S/C23H21ClF3NO3/c1-13-4-2-3-11-28(13)12-17-18(29)10-9-16-20(30)19(14-5-7-15(24)8-6-14)22(23(25,26)27)31-21(16)17/h5-10,13,29H,2-4,11-12H2,1H3/t13-/m0/s1. The summed E-state index contributed by atoms with van der Waals surface area (Å²) < 4.78 is 47.2. The molecule has 1 saturated heterocycles. The number of hydrogen-bond acceptors (Lipinski definition) is 4. The molecule has 0 radical (unpaired) electrons. The van der Waals surface area contributed by atoms with Crippen molar-refractivity contribution in [3.63, 3.8) is 0 Å². The largest absolute Gasteiger partial charge is 0.507 e. The zero-order chi connectivity index (χ0) is 22.3. The highest BCUT2D eigenvalue weighted by Gasteiger charge is 2.40. The fourth-order valence-corrected chi connectivity index (χ4v) is 4.26. The molecule has 0 amide bonds. The number of hydrogen-bond donors (Lipinski definition) is 1. The van der Waals surface area contributed by atoms with Crippen LogP contribution in [-0.2, 0) is 12.7 Å². The van der Waals surface area contributed by atoms with E-state index in [1.165, 1.54) is 36.4 Å². The van der Waals surface area contributed by atoms with Gasteiger partial charge < -0.3 is 9.52 Å². The van der Waals surface area contributed by atoms with E-state index < -0.39 is 22.9 Å². The maximum Gasteiger partial charge on any atom is 0.450 e. The number of rotatable bonds is 3. The molecule has 3 aromatic rings. The molecule has 1 N–H and O–H groups in total. The van der Waals surface area contributed by atoms with E-state index in [0.29, 0.717) is 5.02 Å². The number of piperidine rings is 1. The number of phenolic OH excluding ortho intramolecular Hbond substituents is 1. The molecule has 0 bridgehead atoms. The van der Waals surface area contributed by atoms with Crippen molar-refractivity contribution < 1.29 is 22.7 Å². The quantitative estimate of drug-likeness (QED) is 0.514. The summed E-state index contributed by atoms with van der Waals surface area (Å²) >= 11 is 5.85. The number of phenols is 1. The SMILES string of the molecule is C[C@H]1CCCCN1Cc1c(O)ccc2c(=O)c(-c3ccc(Cl)cc3)c(C(F)(F)F)oc12. The van der Waals surface area contributed by atoms with Gasteiger partial charge in [-0.15, -0.1) is 0 Å². The number of aromatic hydroxyl groups is 1. The number of benzene rings is 2. The van der Waals surface area contributed by atoms with Crippen LogP contribution in [-0.4, -0.2) is 22.6 Å². The lowest BCUT2D eigenvalue weighted by Crippen LogP contribution is -2.36. The molecule has 0 aliphatic carbocycles. The fourth-order valence-electron chi connectivity index (χ4n) is 4.13. The van der Waals surface area contributed by atoms with Crippen molar-refractivity contribution in [1.29, 1.82) is 0 Å². The van der Waals surface area contributed by atoms with Crippen LogP contribution in [0.3, 0.4) is 0 Å². The minimum atomic E-state index is -4.90. The van der Waals surface area contributed by atoms with Crippen LogP contribution >= 0.6 is 11.6 Å². The maximum atomic E-state index is 13.9. The van der Waals surface area contributed by atoms with Crippen LogP contribution in [0.1, 0.15) is 37.5 Å². The summed E-state index contributed by atoms with van der Waals surface area (Å²) in [6.45, 7) is 3.00. The Hall–Kier alpha value is -2.51. The molecule has 4 rings (SSSR count). The Balaban J connectivity index is 1.96. The van der Waals surface area contributed by atoms with Gasteiger partial charge in [-0.3, -0.25) is 9.69 Å². The van der Waals surface area contributed by atoms with Crippen LogP contribution in [0.5, 0.6) is 5.75 Å². The average molecular weight is 452 g/mol. The van der Waals surface area contributed by atoms with Gasteiger partial charge in [0.1, 0.15) is 11.3 Å². The molecular formula is C23H21ClF3NO3. The van der Waals surface area contributed by atoms with E-state index >= 15 is 0 Å². The molecule has 0 saturated carbocycles. The summed E-state index contributed by atoms with van der Waals surface area (Å²) in [6, 6.07) is 8.40. The highest BCUT2D eigenvalue weighted by atomic mass is 35.5. The first-order valence-electron chi connectivity index (χ1n) is 10.1. The summed E-state index contributed by atoms with van der Waals surface area (Å²) in [5.74, 6) is -1.58. The van der Waals surface area contributed by atoms with Crippen LogP contribution in [0.25, 0.3) is 22.1 Å². The van der Waals surface area contributed by atoms with Gasteiger partial charge in [0.05, 0.1) is 16.5 Å². The molecule has 1 aliphatic heterocycles. The van der Waals surface area contributed by atoms with Gasteiger partial charge >= 0.3 is 6.18 Å². The molecule has 164 valence electrons. The van der Waals surface area contributed by atoms with Crippen molar-refractivity contribution in [3.8, 4) is 16.9 Å². The Morgan fingerprint density at radius 3 is 2.52 bits per heavy atom. The van der Waals surface area contributed by atoms with Gasteiger partial charge in [-0.05, 0) is 56.1 Å². The predicted octanol–water partition coefficient (Wildman–Crippen LogP) is 6.21. The normalized spacial score (nSPS) is 17.9. The molecule has 1 aromatic heterocycles. The first kappa shape index (κ1) is 21.7. The van der Waals surface area contributed by atoms with E-state index in [1.54, 1.807) is 0 Å². The van der Waals surface area contributed by atoms with Gasteiger partial charge in [-0.1, -0.05) is 30.2 Å². The number of nitrogens with zero attached hydrogens (tertiary/aromatic N) is 1. The topological polar surface area (TPSA) is 53.7 Å². The Kier molecular flexibility index (Phi) is 5.75. The summed E-state index contributed by atoms with van der Waals surface area (Å²) in [5.41, 5.74) is -1.35. The monoisotopic (exact) mass is 451 g/mol. The predicted molar refractivity (Wildman–Crippen MR) is 113 cm³/mol. The minimum absolute atomic E-state index is 0.00425. The summed E-state index contributed by atoms with van der Waals surface area (Å²) in [6.07, 6.45) is -1.89. The van der Waals surface area contributed by atoms with Crippen LogP contribution in [0, 0.1) is 0 Å². The average Bonchev–Trinajstić information content (AvgIpc) is 2.71. The molecular weight excluding hydrogens is 431 g/mol. The highest BCUT2D eigenvalue weighted by molar-refractivity contribution is 6.30.